The fourth-order valence-electron chi connectivity index (χ4n) is 7.33. The van der Waals surface area contributed by atoms with Crippen molar-refractivity contribution >= 4 is 34.5 Å². The molecule has 2 aliphatic heterocycles. The number of carbonyl (C=O) groups is 2. The number of ether oxygens (including phenoxy) is 1. The van der Waals surface area contributed by atoms with Crippen LogP contribution >= 0.6 is 0 Å². The second-order valence-electron chi connectivity index (χ2n) is 12.3. The van der Waals surface area contributed by atoms with E-state index in [1.54, 1.807) is 24.3 Å². The van der Waals surface area contributed by atoms with E-state index in [1.807, 2.05) is 72.8 Å². The smallest absolute Gasteiger partial charge is 0.354 e. The van der Waals surface area contributed by atoms with E-state index in [4.69, 9.17) is 9.16 Å². The summed E-state index contributed by atoms with van der Waals surface area (Å²) in [6.45, 7) is 11.7. The van der Waals surface area contributed by atoms with Crippen molar-refractivity contribution in [3.63, 3.8) is 0 Å². The molecule has 0 fully saturated rings. The zero-order valence-corrected chi connectivity index (χ0v) is 28.6. The van der Waals surface area contributed by atoms with Crippen molar-refractivity contribution in [1.29, 1.82) is 0 Å². The highest BCUT2D eigenvalue weighted by Crippen LogP contribution is 2.47. The normalized spacial score (nSPS) is 15.7. The van der Waals surface area contributed by atoms with E-state index in [2.05, 4.69) is 37.5 Å². The maximum Gasteiger partial charge on any atom is 0.354 e. The minimum Gasteiger partial charge on any atom is -0.478 e. The van der Waals surface area contributed by atoms with Crippen molar-refractivity contribution < 1.29 is 24.5 Å². The lowest BCUT2D eigenvalue weighted by Gasteiger charge is -2.30. The van der Waals surface area contributed by atoms with Crippen LogP contribution in [0, 0.1) is 0 Å². The number of benzene rings is 4. The highest BCUT2D eigenvalue weighted by molar-refractivity contribution is 6.02. The molecule has 4 aromatic carbocycles. The number of hydrogen-bond donors (Lipinski definition) is 2. The molecule has 1 unspecified atom stereocenters. The second-order valence-corrected chi connectivity index (χ2v) is 12.3. The number of aromatic carboxylic acids is 2. The van der Waals surface area contributed by atoms with Crippen LogP contribution in [0.25, 0.3) is 11.1 Å². The van der Waals surface area contributed by atoms with Gasteiger partial charge in [0.2, 0.25) is 0 Å². The number of carboxylic acids is 2. The van der Waals surface area contributed by atoms with Crippen LogP contribution < -0.4 is 25.2 Å². The van der Waals surface area contributed by atoms with Gasteiger partial charge in [-0.05, 0) is 81.3 Å². The maximum atomic E-state index is 12.6. The molecule has 4 aromatic rings. The van der Waals surface area contributed by atoms with Gasteiger partial charge < -0.3 is 24.7 Å². The van der Waals surface area contributed by atoms with Gasteiger partial charge in [-0.1, -0.05) is 36.4 Å². The van der Waals surface area contributed by atoms with E-state index in [-0.39, 0.29) is 11.1 Å². The fraction of sp³-hybridized carbons (Fsp3) is 0.214. The Labute approximate surface area is 290 Å². The van der Waals surface area contributed by atoms with Crippen molar-refractivity contribution in [1.82, 2.24) is 0 Å². The van der Waals surface area contributed by atoms with Crippen molar-refractivity contribution in [3.8, 4) is 5.75 Å². The molecule has 1 atom stereocenters. The number of allylic oxidation sites excluding steroid dienone is 1. The number of nitrogens with zero attached hydrogens (tertiary/aromatic N) is 2. The molecule has 0 saturated heterocycles. The molecule has 0 amide bonds. The van der Waals surface area contributed by atoms with E-state index >= 15 is 0 Å². The Balaban J connectivity index is 1.56. The van der Waals surface area contributed by atoms with E-state index < -0.39 is 18.0 Å². The Kier molecular flexibility index (Phi) is 8.62. The van der Waals surface area contributed by atoms with Gasteiger partial charge in [-0.2, -0.15) is 0 Å². The van der Waals surface area contributed by atoms with Crippen LogP contribution in [0.2, 0.25) is 0 Å². The Bertz CT molecular complexity index is 2270. The van der Waals surface area contributed by atoms with E-state index in [1.165, 1.54) is 0 Å². The highest BCUT2D eigenvalue weighted by Gasteiger charge is 2.40. The van der Waals surface area contributed by atoms with Crippen LogP contribution in [-0.2, 0) is 0 Å². The fourth-order valence-corrected chi connectivity index (χ4v) is 7.33. The van der Waals surface area contributed by atoms with Gasteiger partial charge in [-0.3, -0.25) is 0 Å². The molecule has 8 heteroatoms. The summed E-state index contributed by atoms with van der Waals surface area (Å²) in [5.74, 6) is -0.890. The third-order valence-corrected chi connectivity index (χ3v) is 9.79. The molecule has 2 heterocycles. The lowest BCUT2D eigenvalue weighted by molar-refractivity contribution is 0.0685. The Morgan fingerprint density at radius 2 is 1.26 bits per heavy atom. The number of hydrogen-bond acceptors (Lipinski definition) is 5. The summed E-state index contributed by atoms with van der Waals surface area (Å²) in [7, 11) is 0. The minimum absolute atomic E-state index is 0.171. The van der Waals surface area contributed by atoms with Gasteiger partial charge in [-0.25, -0.2) is 14.0 Å². The van der Waals surface area contributed by atoms with Crippen LogP contribution in [0.5, 0.6) is 5.75 Å². The Morgan fingerprint density at radius 1 is 0.700 bits per heavy atom. The van der Waals surface area contributed by atoms with E-state index in [0.29, 0.717) is 33.6 Å². The molecule has 252 valence electrons. The largest absolute Gasteiger partial charge is 0.478 e. The topological polar surface area (TPSA) is 102 Å². The number of anilines is 2. The first-order chi connectivity index (χ1) is 24.3. The molecule has 8 nitrogen and oxygen atoms in total. The molecular weight excluding hydrogens is 628 g/mol. The van der Waals surface area contributed by atoms with Crippen LogP contribution in [0.1, 0.15) is 65.1 Å². The predicted octanol–water partition coefficient (Wildman–Crippen LogP) is 6.69. The van der Waals surface area contributed by atoms with Gasteiger partial charge in [0.25, 0.3) is 0 Å². The third-order valence-electron chi connectivity index (χ3n) is 9.79. The summed E-state index contributed by atoms with van der Waals surface area (Å²) in [5, 5.41) is 21.4. The van der Waals surface area contributed by atoms with Crippen molar-refractivity contribution in [3.05, 3.63) is 157 Å². The summed E-state index contributed by atoms with van der Waals surface area (Å²) in [6.07, 6.45) is 3.32. The molecular formula is C42H39N2O6+. The molecule has 7 rings (SSSR count). The third kappa shape index (κ3) is 5.47. The molecule has 2 N–H and O–H groups in total. The molecule has 1 aliphatic carbocycles. The first-order valence-electron chi connectivity index (χ1n) is 17.1. The number of rotatable bonds is 10. The summed E-state index contributed by atoms with van der Waals surface area (Å²) in [4.78, 5) is 29.7. The van der Waals surface area contributed by atoms with Crippen LogP contribution in [-0.4, -0.2) is 54.4 Å². The average Bonchev–Trinajstić information content (AvgIpc) is 3.13. The predicted molar refractivity (Wildman–Crippen MR) is 197 cm³/mol. The van der Waals surface area contributed by atoms with Crippen molar-refractivity contribution in [2.75, 3.05) is 36.0 Å². The quantitative estimate of drug-likeness (QED) is 0.182. The molecule has 0 bridgehead atoms. The Hall–Kier alpha value is -5.89. The standard InChI is InChI=1S/C42H38N2O6/c1-5-43(6-2)25-17-19-31-35(21-25)49-37-24-38-34(23-33(37)39(31)27-13-9-11-15-29(27)41(45)46)40(28-14-10-12-16-30(28)42(47)48)32-20-18-26(22-36(32)50-38)44(7-3)8-4/h9-24,37H,5-8H2,1-4H3,(H-,45,46,47,48)/p+1. The zero-order valence-electron chi connectivity index (χ0n) is 28.6. The van der Waals surface area contributed by atoms with Gasteiger partial charge in [0.15, 0.2) is 0 Å². The molecule has 0 radical (unpaired) electrons. The summed E-state index contributed by atoms with van der Waals surface area (Å²) in [5.41, 5.74) is 7.84. The number of carboxylic acid groups (broad SMARTS) is 2. The summed E-state index contributed by atoms with van der Waals surface area (Å²) in [6, 6.07) is 26.1. The van der Waals surface area contributed by atoms with Crippen molar-refractivity contribution in [2.45, 2.75) is 33.8 Å². The second kappa shape index (κ2) is 13.2. The molecule has 0 saturated carbocycles. The van der Waals surface area contributed by atoms with Crippen LogP contribution in [0.3, 0.4) is 0 Å². The van der Waals surface area contributed by atoms with Gasteiger partial charge >= 0.3 is 23.5 Å². The van der Waals surface area contributed by atoms with E-state index in [0.717, 1.165) is 65.1 Å². The maximum absolute atomic E-state index is 12.6. The lowest BCUT2D eigenvalue weighted by atomic mass is 9.80. The average molecular weight is 668 g/mol. The first-order valence-corrected chi connectivity index (χ1v) is 17.1. The van der Waals surface area contributed by atoms with Gasteiger partial charge in [0, 0.05) is 65.9 Å². The van der Waals surface area contributed by atoms with Gasteiger partial charge in [-0.15, -0.1) is 0 Å². The monoisotopic (exact) mass is 667 g/mol. The molecule has 3 aliphatic rings. The molecule has 0 spiro atoms. The SMILES string of the molecule is CCN(CC)c1ccc2c(c1)OC1=CC3[O+]=c4cc(N(CC)CC)ccc4=C(c4ccccc4C(=O)O)C3=CC1=C2c1ccccc1C(=O)O. The Morgan fingerprint density at radius 3 is 1.86 bits per heavy atom. The van der Waals surface area contributed by atoms with Crippen LogP contribution in [0.4, 0.5) is 11.4 Å². The van der Waals surface area contributed by atoms with Crippen LogP contribution in [0.15, 0.2) is 118 Å². The van der Waals surface area contributed by atoms with E-state index in [9.17, 15) is 19.8 Å². The zero-order chi connectivity index (χ0) is 35.1. The van der Waals surface area contributed by atoms with Gasteiger partial charge in [0.1, 0.15) is 11.5 Å². The molecule has 0 aromatic heterocycles. The molecule has 50 heavy (non-hydrogen) atoms. The van der Waals surface area contributed by atoms with Gasteiger partial charge in [0.05, 0.1) is 34.1 Å². The minimum atomic E-state index is -1.03. The number of fused-ring (bicyclic) bond motifs is 4. The van der Waals surface area contributed by atoms with Crippen molar-refractivity contribution in [2.24, 2.45) is 0 Å². The summed E-state index contributed by atoms with van der Waals surface area (Å²) < 4.78 is 13.5. The summed E-state index contributed by atoms with van der Waals surface area (Å²) >= 11 is 0. The highest BCUT2D eigenvalue weighted by atomic mass is 16.5. The lowest BCUT2D eigenvalue weighted by Crippen LogP contribution is -2.38. The first kappa shape index (κ1) is 32.6.